The lowest BCUT2D eigenvalue weighted by molar-refractivity contribution is 0.629. The summed E-state index contributed by atoms with van der Waals surface area (Å²) in [6.07, 6.45) is 0.953. The minimum absolute atomic E-state index is 0.259. The zero-order chi connectivity index (χ0) is 13.4. The van der Waals surface area contributed by atoms with E-state index in [0.717, 1.165) is 12.1 Å². The van der Waals surface area contributed by atoms with Crippen molar-refractivity contribution in [3.8, 4) is 5.69 Å². The van der Waals surface area contributed by atoms with Gasteiger partial charge in [0, 0.05) is 0 Å². The van der Waals surface area contributed by atoms with E-state index in [1.54, 1.807) is 10.6 Å². The van der Waals surface area contributed by atoms with Crippen molar-refractivity contribution in [1.29, 1.82) is 0 Å². The van der Waals surface area contributed by atoms with E-state index >= 15 is 0 Å². The second-order valence-electron chi connectivity index (χ2n) is 4.45. The van der Waals surface area contributed by atoms with Gasteiger partial charge < -0.3 is 4.98 Å². The number of rotatable bonds is 2. The summed E-state index contributed by atoms with van der Waals surface area (Å²) < 4.78 is 14.7. The number of fused-ring (bicyclic) bond motifs is 1. The lowest BCUT2D eigenvalue weighted by atomic mass is 10.1. The molecule has 0 aliphatic rings. The molecule has 96 valence electrons. The van der Waals surface area contributed by atoms with Crippen LogP contribution in [0.3, 0.4) is 0 Å². The first-order chi connectivity index (χ1) is 9.19. The molecule has 0 bridgehead atoms. The van der Waals surface area contributed by atoms with Gasteiger partial charge in [-0.05, 0) is 42.3 Å². The molecule has 0 amide bonds. The Bertz CT molecular complexity index is 784. The van der Waals surface area contributed by atoms with E-state index in [1.807, 2.05) is 24.3 Å². The van der Waals surface area contributed by atoms with Crippen molar-refractivity contribution in [2.75, 3.05) is 0 Å². The van der Waals surface area contributed by atoms with Gasteiger partial charge in [0.2, 0.25) is 0 Å². The third-order valence-electron chi connectivity index (χ3n) is 3.25. The van der Waals surface area contributed by atoms with Crippen molar-refractivity contribution < 1.29 is 4.39 Å². The molecular formula is C15H13FN2O. The fourth-order valence-electron chi connectivity index (χ4n) is 2.22. The maximum absolute atomic E-state index is 13.1. The number of benzene rings is 2. The predicted octanol–water partition coefficient (Wildman–Crippen LogP) is 3.02. The van der Waals surface area contributed by atoms with Crippen molar-refractivity contribution in [2.24, 2.45) is 0 Å². The molecule has 2 aromatic carbocycles. The van der Waals surface area contributed by atoms with Crippen LogP contribution >= 0.6 is 0 Å². The van der Waals surface area contributed by atoms with Gasteiger partial charge in [-0.25, -0.2) is 9.18 Å². The summed E-state index contributed by atoms with van der Waals surface area (Å²) in [5.41, 5.74) is 2.91. The quantitative estimate of drug-likeness (QED) is 0.752. The van der Waals surface area contributed by atoms with Gasteiger partial charge in [-0.2, -0.15) is 0 Å². The number of halogens is 1. The van der Waals surface area contributed by atoms with E-state index < -0.39 is 0 Å². The van der Waals surface area contributed by atoms with Crippen LogP contribution in [0.4, 0.5) is 4.39 Å². The largest absolute Gasteiger partial charge is 0.331 e. The molecule has 0 saturated carbocycles. The predicted molar refractivity (Wildman–Crippen MR) is 73.2 cm³/mol. The summed E-state index contributed by atoms with van der Waals surface area (Å²) >= 11 is 0. The molecule has 19 heavy (non-hydrogen) atoms. The van der Waals surface area contributed by atoms with E-state index in [0.29, 0.717) is 11.0 Å². The molecule has 0 spiro atoms. The highest BCUT2D eigenvalue weighted by Crippen LogP contribution is 2.17. The van der Waals surface area contributed by atoms with Crippen molar-refractivity contribution >= 4 is 11.0 Å². The van der Waals surface area contributed by atoms with Crippen LogP contribution in [-0.4, -0.2) is 9.55 Å². The molecule has 0 aliphatic heterocycles. The molecule has 3 rings (SSSR count). The minimum atomic E-state index is -0.359. The third-order valence-corrected chi connectivity index (χ3v) is 3.25. The lowest BCUT2D eigenvalue weighted by Gasteiger charge is -2.04. The van der Waals surface area contributed by atoms with Crippen LogP contribution in [0, 0.1) is 5.82 Å². The fraction of sp³-hybridized carbons (Fsp3) is 0.133. The number of hydrogen-bond acceptors (Lipinski definition) is 1. The molecule has 0 radical (unpaired) electrons. The number of aromatic nitrogens is 2. The van der Waals surface area contributed by atoms with Gasteiger partial charge in [0.05, 0.1) is 16.7 Å². The maximum atomic E-state index is 13.1. The molecule has 0 saturated heterocycles. The van der Waals surface area contributed by atoms with Gasteiger partial charge in [0.25, 0.3) is 0 Å². The average Bonchev–Trinajstić information content (AvgIpc) is 2.74. The fourth-order valence-corrected chi connectivity index (χ4v) is 2.22. The summed E-state index contributed by atoms with van der Waals surface area (Å²) in [4.78, 5) is 14.7. The van der Waals surface area contributed by atoms with Gasteiger partial charge >= 0.3 is 5.69 Å². The first-order valence-corrected chi connectivity index (χ1v) is 6.18. The summed E-state index contributed by atoms with van der Waals surface area (Å²) in [7, 11) is 0. The Morgan fingerprint density at radius 1 is 1.16 bits per heavy atom. The Morgan fingerprint density at radius 2 is 1.89 bits per heavy atom. The van der Waals surface area contributed by atoms with Crippen LogP contribution in [0.2, 0.25) is 0 Å². The molecule has 0 aliphatic carbocycles. The van der Waals surface area contributed by atoms with Crippen LogP contribution in [0.15, 0.2) is 47.3 Å². The second-order valence-corrected chi connectivity index (χ2v) is 4.45. The number of nitrogens with zero attached hydrogens (tertiary/aromatic N) is 1. The van der Waals surface area contributed by atoms with Crippen molar-refractivity contribution in [1.82, 2.24) is 9.55 Å². The monoisotopic (exact) mass is 256 g/mol. The van der Waals surface area contributed by atoms with E-state index in [1.165, 1.54) is 17.7 Å². The van der Waals surface area contributed by atoms with Gasteiger partial charge in [0.1, 0.15) is 5.82 Å². The summed E-state index contributed by atoms with van der Waals surface area (Å²) in [6, 6.07) is 12.1. The Labute approximate surface area is 109 Å². The van der Waals surface area contributed by atoms with Crippen LogP contribution in [0.1, 0.15) is 12.5 Å². The zero-order valence-electron chi connectivity index (χ0n) is 10.5. The Kier molecular flexibility index (Phi) is 2.71. The van der Waals surface area contributed by atoms with Crippen molar-refractivity contribution in [3.05, 3.63) is 64.3 Å². The molecule has 1 N–H and O–H groups in total. The highest BCUT2D eigenvalue weighted by molar-refractivity contribution is 5.77. The van der Waals surface area contributed by atoms with E-state index in [4.69, 9.17) is 0 Å². The van der Waals surface area contributed by atoms with Crippen molar-refractivity contribution in [2.45, 2.75) is 13.3 Å². The van der Waals surface area contributed by atoms with E-state index in [9.17, 15) is 9.18 Å². The van der Waals surface area contributed by atoms with Crippen LogP contribution in [-0.2, 0) is 6.42 Å². The van der Waals surface area contributed by atoms with Gasteiger partial charge in [-0.1, -0.05) is 19.1 Å². The molecule has 3 nitrogen and oxygen atoms in total. The van der Waals surface area contributed by atoms with Crippen LogP contribution < -0.4 is 5.69 Å². The molecule has 0 fully saturated rings. The molecule has 0 unspecified atom stereocenters. The van der Waals surface area contributed by atoms with Gasteiger partial charge in [0.15, 0.2) is 0 Å². The SMILES string of the molecule is CCc1ccc(-n2c(=O)[nH]c3cc(F)ccc32)cc1. The first-order valence-electron chi connectivity index (χ1n) is 6.18. The maximum Gasteiger partial charge on any atom is 0.331 e. The van der Waals surface area contributed by atoms with E-state index in [2.05, 4.69) is 11.9 Å². The number of imidazole rings is 1. The number of H-pyrrole nitrogens is 1. The van der Waals surface area contributed by atoms with Crippen LogP contribution in [0.25, 0.3) is 16.7 Å². The number of aromatic amines is 1. The topological polar surface area (TPSA) is 37.8 Å². The number of nitrogens with one attached hydrogen (secondary N) is 1. The Hall–Kier alpha value is -2.36. The average molecular weight is 256 g/mol. The molecule has 1 heterocycles. The van der Waals surface area contributed by atoms with Crippen molar-refractivity contribution in [3.63, 3.8) is 0 Å². The Balaban J connectivity index is 2.23. The van der Waals surface area contributed by atoms with Crippen LogP contribution in [0.5, 0.6) is 0 Å². The van der Waals surface area contributed by atoms with Gasteiger partial charge in [-0.3, -0.25) is 4.57 Å². The van der Waals surface area contributed by atoms with Gasteiger partial charge in [-0.15, -0.1) is 0 Å². The number of hydrogen-bond donors (Lipinski definition) is 1. The normalized spacial score (nSPS) is 11.1. The smallest absolute Gasteiger partial charge is 0.305 e. The lowest BCUT2D eigenvalue weighted by Crippen LogP contribution is -2.14. The molecule has 1 aromatic heterocycles. The minimum Gasteiger partial charge on any atom is -0.305 e. The molecule has 0 atom stereocenters. The summed E-state index contributed by atoms with van der Waals surface area (Å²) in [5.74, 6) is -0.359. The molecule has 3 aromatic rings. The van der Waals surface area contributed by atoms with E-state index in [-0.39, 0.29) is 11.5 Å². The third kappa shape index (κ3) is 1.95. The molecular weight excluding hydrogens is 243 g/mol. The first kappa shape index (κ1) is 11.7. The summed E-state index contributed by atoms with van der Waals surface area (Å²) in [5, 5.41) is 0. The highest BCUT2D eigenvalue weighted by Gasteiger charge is 2.09. The Morgan fingerprint density at radius 3 is 2.58 bits per heavy atom. The highest BCUT2D eigenvalue weighted by atomic mass is 19.1. The number of aryl methyl sites for hydroxylation is 1. The molecule has 4 heteroatoms. The summed E-state index contributed by atoms with van der Waals surface area (Å²) in [6.45, 7) is 2.08. The second kappa shape index (κ2) is 4.39. The standard InChI is InChI=1S/C15H13FN2O/c1-2-10-3-6-12(7-4-10)18-14-8-5-11(16)9-13(14)17-15(18)19/h3-9H,2H2,1H3,(H,17,19). The zero-order valence-corrected chi connectivity index (χ0v) is 10.5.